The van der Waals surface area contributed by atoms with Crippen LogP contribution >= 0.6 is 11.3 Å². The first-order chi connectivity index (χ1) is 26.4. The van der Waals surface area contributed by atoms with Crippen molar-refractivity contribution in [2.75, 3.05) is 0 Å². The minimum absolute atomic E-state index is 0.198. The first-order valence-electron chi connectivity index (χ1n) is 18.9. The number of thiophene rings is 1. The predicted molar refractivity (Wildman–Crippen MR) is 214 cm³/mol. The molecule has 0 aliphatic heterocycles. The number of fused-ring (bicyclic) bond motifs is 5. The van der Waals surface area contributed by atoms with E-state index in [0.29, 0.717) is 5.56 Å². The molecule has 0 amide bonds. The van der Waals surface area contributed by atoms with Crippen molar-refractivity contribution in [3.8, 4) is 43.8 Å². The highest BCUT2D eigenvalue weighted by atomic mass is 32.1. The first kappa shape index (κ1) is 23.3. The molecule has 0 atom stereocenters. The third kappa shape index (κ3) is 4.37. The third-order valence-corrected chi connectivity index (χ3v) is 11.0. The van der Waals surface area contributed by atoms with E-state index < -0.39 is 6.04 Å². The number of hydrogen-bond donors (Lipinski definition) is 0. The Morgan fingerprint density at radius 1 is 0.347 bits per heavy atom. The Morgan fingerprint density at radius 3 is 1.45 bits per heavy atom. The Labute approximate surface area is 296 Å². The standard InChI is InChI=1S/C48H30S/c1-2-16-32(17-3-1)45-43-24-10-11-30-44(43)49-48(45)42-29-14-25-34-35(42)26-13-28-37(34)47-40-22-8-6-20-38(40)46(39-21-7-9-23-41(39)47)36-27-12-18-31-15-4-5-19-33(31)36/h1-30H/i1D,2D,3D,16D,17D. The number of benzene rings is 9. The topological polar surface area (TPSA) is 0 Å². The van der Waals surface area contributed by atoms with Crippen molar-refractivity contribution in [3.05, 3.63) is 182 Å². The Kier molecular flexibility index (Phi) is 5.38. The zero-order valence-corrected chi connectivity index (χ0v) is 27.2. The van der Waals surface area contributed by atoms with Crippen LogP contribution in [0.3, 0.4) is 0 Å². The molecule has 0 radical (unpaired) electrons. The van der Waals surface area contributed by atoms with Crippen LogP contribution in [0.1, 0.15) is 6.85 Å². The summed E-state index contributed by atoms with van der Waals surface area (Å²) in [5.74, 6) is 0. The zero-order chi connectivity index (χ0) is 36.7. The molecule has 49 heavy (non-hydrogen) atoms. The van der Waals surface area contributed by atoms with E-state index >= 15 is 0 Å². The van der Waals surface area contributed by atoms with E-state index in [-0.39, 0.29) is 29.7 Å². The Morgan fingerprint density at radius 2 is 0.796 bits per heavy atom. The SMILES string of the molecule is [2H]c1c([2H])c([2H])c(-c2c(-c3cccc4c(-c5c6ccccc6c(-c6cccc7ccccc67)c6ccccc56)cccc34)sc3ccccc23)c([2H])c1[2H]. The molecule has 0 bridgehead atoms. The summed E-state index contributed by atoms with van der Waals surface area (Å²) < 4.78 is 44.2. The fourth-order valence-corrected chi connectivity index (χ4v) is 8.99. The molecule has 0 saturated carbocycles. The molecule has 228 valence electrons. The molecule has 0 aliphatic rings. The van der Waals surface area contributed by atoms with Crippen molar-refractivity contribution in [3.63, 3.8) is 0 Å². The van der Waals surface area contributed by atoms with Crippen molar-refractivity contribution in [2.45, 2.75) is 0 Å². The molecule has 0 N–H and O–H groups in total. The van der Waals surface area contributed by atoms with Gasteiger partial charge in [0.25, 0.3) is 0 Å². The lowest BCUT2D eigenvalue weighted by atomic mass is 9.83. The van der Waals surface area contributed by atoms with Crippen molar-refractivity contribution in [1.29, 1.82) is 0 Å². The second-order valence-electron chi connectivity index (χ2n) is 12.4. The Hall–Kier alpha value is -6.02. The molecule has 0 unspecified atom stereocenters. The summed E-state index contributed by atoms with van der Waals surface area (Å²) in [4.78, 5) is 0.874. The van der Waals surface area contributed by atoms with Crippen molar-refractivity contribution < 1.29 is 6.85 Å². The fourth-order valence-electron chi connectivity index (χ4n) is 7.74. The fraction of sp³-hybridized carbons (Fsp3) is 0. The van der Waals surface area contributed by atoms with E-state index in [1.54, 1.807) is 11.3 Å². The minimum atomic E-state index is -0.393. The zero-order valence-electron chi connectivity index (χ0n) is 31.3. The van der Waals surface area contributed by atoms with Gasteiger partial charge in [-0.15, -0.1) is 11.3 Å². The Balaban J connectivity index is 1.29. The summed E-state index contributed by atoms with van der Waals surface area (Å²) >= 11 is 1.59. The lowest BCUT2D eigenvalue weighted by Gasteiger charge is -2.20. The van der Waals surface area contributed by atoms with Crippen molar-refractivity contribution in [1.82, 2.24) is 0 Å². The molecule has 0 nitrogen and oxygen atoms in total. The predicted octanol–water partition coefficient (Wildman–Crippen LogP) is 14.2. The highest BCUT2D eigenvalue weighted by molar-refractivity contribution is 7.23. The second-order valence-corrected chi connectivity index (χ2v) is 13.4. The summed E-state index contributed by atoms with van der Waals surface area (Å²) in [7, 11) is 0. The lowest BCUT2D eigenvalue weighted by molar-refractivity contribution is 1.67. The van der Waals surface area contributed by atoms with Gasteiger partial charge < -0.3 is 0 Å². The molecule has 9 aromatic carbocycles. The maximum absolute atomic E-state index is 8.96. The van der Waals surface area contributed by atoms with Crippen LogP contribution in [0.25, 0.3) is 97.0 Å². The van der Waals surface area contributed by atoms with Crippen LogP contribution in [0.2, 0.25) is 0 Å². The molecule has 0 saturated heterocycles. The van der Waals surface area contributed by atoms with Gasteiger partial charge in [-0.25, -0.2) is 0 Å². The van der Waals surface area contributed by atoms with Gasteiger partial charge in [0.2, 0.25) is 0 Å². The van der Waals surface area contributed by atoms with Gasteiger partial charge in [0.15, 0.2) is 0 Å². The van der Waals surface area contributed by atoms with Gasteiger partial charge in [0, 0.05) is 26.1 Å². The molecule has 0 spiro atoms. The molecule has 0 fully saturated rings. The van der Waals surface area contributed by atoms with E-state index in [0.717, 1.165) is 42.4 Å². The molecule has 10 aromatic rings. The first-order valence-corrected chi connectivity index (χ1v) is 17.3. The van der Waals surface area contributed by atoms with Gasteiger partial charge in [0.1, 0.15) is 0 Å². The van der Waals surface area contributed by atoms with E-state index in [1.165, 1.54) is 43.4 Å². The van der Waals surface area contributed by atoms with E-state index in [1.807, 2.05) is 24.3 Å². The maximum Gasteiger partial charge on any atom is 0.0629 e. The summed E-state index contributed by atoms with van der Waals surface area (Å²) in [6, 6.07) is 51.8. The van der Waals surface area contributed by atoms with Gasteiger partial charge in [-0.2, -0.15) is 0 Å². The van der Waals surface area contributed by atoms with Gasteiger partial charge in [-0.3, -0.25) is 0 Å². The maximum atomic E-state index is 8.96. The quantitative estimate of drug-likeness (QED) is 0.167. The monoisotopic (exact) mass is 643 g/mol. The summed E-state index contributed by atoms with van der Waals surface area (Å²) in [5, 5.41) is 10.1. The number of hydrogen-bond acceptors (Lipinski definition) is 1. The van der Waals surface area contributed by atoms with Gasteiger partial charge in [-0.05, 0) is 77.0 Å². The lowest BCUT2D eigenvalue weighted by Crippen LogP contribution is -1.92. The van der Waals surface area contributed by atoms with Crippen LogP contribution in [-0.4, -0.2) is 0 Å². The highest BCUT2D eigenvalue weighted by Crippen LogP contribution is 2.50. The summed E-state index contributed by atoms with van der Waals surface area (Å²) in [5.41, 5.74) is 6.54. The smallest absolute Gasteiger partial charge is 0.0629 e. The van der Waals surface area contributed by atoms with Crippen molar-refractivity contribution in [2.24, 2.45) is 0 Å². The molecular formula is C48H30S. The van der Waals surface area contributed by atoms with Gasteiger partial charge in [0.05, 0.1) is 6.85 Å². The van der Waals surface area contributed by atoms with Crippen LogP contribution in [0.4, 0.5) is 0 Å². The van der Waals surface area contributed by atoms with Crippen molar-refractivity contribution >= 4 is 64.5 Å². The normalized spacial score (nSPS) is 13.1. The third-order valence-electron chi connectivity index (χ3n) is 9.77. The van der Waals surface area contributed by atoms with Crippen LogP contribution in [0.5, 0.6) is 0 Å². The molecule has 1 aromatic heterocycles. The molecule has 0 aliphatic carbocycles. The van der Waals surface area contributed by atoms with E-state index in [9.17, 15) is 0 Å². The number of rotatable bonds is 4. The molecular weight excluding hydrogens is 609 g/mol. The highest BCUT2D eigenvalue weighted by Gasteiger charge is 2.21. The molecule has 1 heteroatoms. The van der Waals surface area contributed by atoms with Gasteiger partial charge >= 0.3 is 0 Å². The van der Waals surface area contributed by atoms with Crippen LogP contribution < -0.4 is 0 Å². The average Bonchev–Trinajstić information content (AvgIpc) is 3.59. The average molecular weight is 644 g/mol. The molecule has 10 rings (SSSR count). The van der Waals surface area contributed by atoms with E-state index in [2.05, 4.69) is 127 Å². The summed E-state index contributed by atoms with van der Waals surface area (Å²) in [6.45, 7) is 0. The van der Waals surface area contributed by atoms with Gasteiger partial charge in [-0.1, -0.05) is 176 Å². The minimum Gasteiger partial charge on any atom is -0.135 e. The largest absolute Gasteiger partial charge is 0.135 e. The van der Waals surface area contributed by atoms with Crippen LogP contribution in [0, 0.1) is 0 Å². The Bertz CT molecular complexity index is 3090. The van der Waals surface area contributed by atoms with Crippen LogP contribution in [0.15, 0.2) is 182 Å². The van der Waals surface area contributed by atoms with E-state index in [4.69, 9.17) is 6.85 Å². The van der Waals surface area contributed by atoms with Crippen LogP contribution in [-0.2, 0) is 0 Å². The summed E-state index contributed by atoms with van der Waals surface area (Å²) in [6.07, 6.45) is 0. The molecule has 1 heterocycles. The second kappa shape index (κ2) is 11.3.